The number of phenolic OH excluding ortho intramolecular Hbond substituents is 1. The number of fused-ring (bicyclic) bond motifs is 1. The Morgan fingerprint density at radius 1 is 1.09 bits per heavy atom. The maximum atomic E-state index is 13.0. The molecule has 0 aliphatic carbocycles. The molecule has 32 heavy (non-hydrogen) atoms. The summed E-state index contributed by atoms with van der Waals surface area (Å²) in [6.07, 6.45) is 1.36. The van der Waals surface area contributed by atoms with Crippen LogP contribution in [0.4, 0.5) is 4.39 Å². The van der Waals surface area contributed by atoms with E-state index >= 15 is 0 Å². The first-order valence-electron chi connectivity index (χ1n) is 9.93. The molecule has 1 aromatic heterocycles. The molecule has 4 rings (SSSR count). The van der Waals surface area contributed by atoms with Gasteiger partial charge >= 0.3 is 0 Å². The third kappa shape index (κ3) is 4.62. The Balaban J connectivity index is 1.44. The van der Waals surface area contributed by atoms with Crippen LogP contribution in [0.2, 0.25) is 0 Å². The van der Waals surface area contributed by atoms with Gasteiger partial charge in [0.2, 0.25) is 0 Å². The lowest BCUT2D eigenvalue weighted by molar-refractivity contribution is -0.123. The van der Waals surface area contributed by atoms with Gasteiger partial charge in [0.25, 0.3) is 5.91 Å². The molecule has 0 bridgehead atoms. The van der Waals surface area contributed by atoms with E-state index in [1.807, 2.05) is 0 Å². The predicted molar refractivity (Wildman–Crippen MR) is 118 cm³/mol. The van der Waals surface area contributed by atoms with Gasteiger partial charge in [-0.3, -0.25) is 9.59 Å². The minimum Gasteiger partial charge on any atom is -0.508 e. The summed E-state index contributed by atoms with van der Waals surface area (Å²) in [5.41, 5.74) is 1.90. The third-order valence-electron chi connectivity index (χ3n) is 5.04. The number of carbonyl (C=O) groups is 1. The average molecular weight is 433 g/mol. The number of nitrogens with one attached hydrogen (secondary N) is 1. The number of amides is 1. The number of benzene rings is 3. The highest BCUT2D eigenvalue weighted by molar-refractivity contribution is 5.83. The van der Waals surface area contributed by atoms with Crippen LogP contribution in [0, 0.1) is 5.82 Å². The average Bonchev–Trinajstić information content (AvgIpc) is 2.79. The van der Waals surface area contributed by atoms with Gasteiger partial charge in [0.15, 0.2) is 12.0 Å². The molecular weight excluding hydrogens is 413 g/mol. The molecule has 0 fully saturated rings. The Bertz CT molecular complexity index is 1310. The van der Waals surface area contributed by atoms with Crippen molar-refractivity contribution in [3.63, 3.8) is 0 Å². The molecule has 2 N–H and O–H groups in total. The van der Waals surface area contributed by atoms with Gasteiger partial charge in [0, 0.05) is 6.07 Å². The van der Waals surface area contributed by atoms with Crippen LogP contribution in [-0.2, 0) is 4.79 Å². The van der Waals surface area contributed by atoms with E-state index in [0.717, 1.165) is 5.56 Å². The van der Waals surface area contributed by atoms with E-state index < -0.39 is 0 Å². The van der Waals surface area contributed by atoms with Crippen molar-refractivity contribution in [1.29, 1.82) is 0 Å². The topological polar surface area (TPSA) is 88.8 Å². The number of phenols is 1. The second-order valence-corrected chi connectivity index (χ2v) is 7.31. The second kappa shape index (κ2) is 8.93. The molecular formula is C25H20FNO5. The molecule has 0 unspecified atom stereocenters. The van der Waals surface area contributed by atoms with Crippen LogP contribution in [0.1, 0.15) is 18.5 Å². The molecule has 1 heterocycles. The van der Waals surface area contributed by atoms with Gasteiger partial charge in [0.1, 0.15) is 29.2 Å². The highest BCUT2D eigenvalue weighted by Crippen LogP contribution is 2.24. The predicted octanol–water partition coefficient (Wildman–Crippen LogP) is 4.56. The fourth-order valence-corrected chi connectivity index (χ4v) is 3.31. The van der Waals surface area contributed by atoms with Crippen LogP contribution < -0.4 is 15.5 Å². The van der Waals surface area contributed by atoms with Crippen molar-refractivity contribution in [3.05, 3.63) is 94.6 Å². The van der Waals surface area contributed by atoms with Gasteiger partial charge in [-0.15, -0.1) is 0 Å². The number of hydrogen-bond donors (Lipinski definition) is 2. The number of carbonyl (C=O) groups excluding carboxylic acids is 1. The molecule has 3 aromatic carbocycles. The van der Waals surface area contributed by atoms with Crippen molar-refractivity contribution in [2.24, 2.45) is 0 Å². The smallest absolute Gasteiger partial charge is 0.258 e. The summed E-state index contributed by atoms with van der Waals surface area (Å²) < 4.78 is 24.2. The van der Waals surface area contributed by atoms with E-state index in [0.29, 0.717) is 27.8 Å². The SMILES string of the molecule is C[C@@H](NC(=O)COc1ccc2c(=O)c(-c3ccc(O)cc3)coc2c1)c1ccc(F)cc1. The summed E-state index contributed by atoms with van der Waals surface area (Å²) in [4.78, 5) is 25.0. The highest BCUT2D eigenvalue weighted by Gasteiger charge is 2.13. The van der Waals surface area contributed by atoms with Crippen LogP contribution in [0.5, 0.6) is 11.5 Å². The monoisotopic (exact) mass is 433 g/mol. The highest BCUT2D eigenvalue weighted by atomic mass is 19.1. The number of ether oxygens (including phenoxy) is 1. The Labute approximate surface area is 182 Å². The van der Waals surface area contributed by atoms with Gasteiger partial charge < -0.3 is 19.6 Å². The minimum atomic E-state index is -0.342. The summed E-state index contributed by atoms with van der Waals surface area (Å²) in [7, 11) is 0. The minimum absolute atomic E-state index is 0.108. The lowest BCUT2D eigenvalue weighted by Gasteiger charge is -2.15. The van der Waals surface area contributed by atoms with Gasteiger partial charge in [-0.25, -0.2) is 4.39 Å². The third-order valence-corrected chi connectivity index (χ3v) is 5.04. The first-order chi connectivity index (χ1) is 15.4. The normalized spacial score (nSPS) is 11.8. The molecule has 1 amide bonds. The Hall–Kier alpha value is -4.13. The molecule has 0 spiro atoms. The van der Waals surface area contributed by atoms with Gasteiger partial charge in [0.05, 0.1) is 17.0 Å². The van der Waals surface area contributed by atoms with Crippen molar-refractivity contribution in [2.45, 2.75) is 13.0 Å². The summed E-state index contributed by atoms with van der Waals surface area (Å²) >= 11 is 0. The van der Waals surface area contributed by atoms with E-state index in [1.54, 1.807) is 49.4 Å². The first kappa shape index (κ1) is 21.1. The number of rotatable bonds is 6. The number of aromatic hydroxyl groups is 1. The van der Waals surface area contributed by atoms with Crippen LogP contribution in [0.25, 0.3) is 22.1 Å². The van der Waals surface area contributed by atoms with Crippen molar-refractivity contribution in [1.82, 2.24) is 5.32 Å². The quantitative estimate of drug-likeness (QED) is 0.465. The van der Waals surface area contributed by atoms with E-state index in [-0.39, 0.29) is 35.6 Å². The van der Waals surface area contributed by atoms with Gasteiger partial charge in [-0.05, 0) is 54.4 Å². The molecule has 7 heteroatoms. The molecule has 4 aromatic rings. The molecule has 0 saturated heterocycles. The Kier molecular flexibility index (Phi) is 5.89. The first-order valence-corrected chi connectivity index (χ1v) is 9.93. The summed E-state index contributed by atoms with van der Waals surface area (Å²) in [6.45, 7) is 1.56. The zero-order chi connectivity index (χ0) is 22.7. The van der Waals surface area contributed by atoms with Crippen LogP contribution in [-0.4, -0.2) is 17.6 Å². The molecule has 0 radical (unpaired) electrons. The van der Waals surface area contributed by atoms with E-state index in [2.05, 4.69) is 5.32 Å². The van der Waals surface area contributed by atoms with Crippen LogP contribution >= 0.6 is 0 Å². The molecule has 0 aliphatic heterocycles. The molecule has 162 valence electrons. The Morgan fingerprint density at radius 3 is 2.53 bits per heavy atom. The zero-order valence-electron chi connectivity index (χ0n) is 17.2. The van der Waals surface area contributed by atoms with Crippen molar-refractivity contribution >= 4 is 16.9 Å². The van der Waals surface area contributed by atoms with Gasteiger partial charge in [-0.2, -0.15) is 0 Å². The fraction of sp³-hybridized carbons (Fsp3) is 0.120. The van der Waals surface area contributed by atoms with Crippen LogP contribution in [0.3, 0.4) is 0 Å². The van der Waals surface area contributed by atoms with Crippen LogP contribution in [0.15, 0.2) is 82.2 Å². The van der Waals surface area contributed by atoms with Crippen molar-refractivity contribution in [3.8, 4) is 22.6 Å². The Morgan fingerprint density at radius 2 is 1.81 bits per heavy atom. The lowest BCUT2D eigenvalue weighted by Crippen LogP contribution is -2.31. The molecule has 1 atom stereocenters. The lowest BCUT2D eigenvalue weighted by atomic mass is 10.1. The summed E-state index contributed by atoms with van der Waals surface area (Å²) in [5.74, 6) is -0.195. The maximum absolute atomic E-state index is 13.0. The number of halogens is 1. The zero-order valence-corrected chi connectivity index (χ0v) is 17.2. The largest absolute Gasteiger partial charge is 0.508 e. The van der Waals surface area contributed by atoms with E-state index in [4.69, 9.17) is 9.15 Å². The molecule has 6 nitrogen and oxygen atoms in total. The molecule has 0 saturated carbocycles. The fourth-order valence-electron chi connectivity index (χ4n) is 3.31. The molecule has 0 aliphatic rings. The van der Waals surface area contributed by atoms with Crippen molar-refractivity contribution < 1.29 is 23.4 Å². The second-order valence-electron chi connectivity index (χ2n) is 7.31. The summed E-state index contributed by atoms with van der Waals surface area (Å²) in [6, 6.07) is 16.6. The maximum Gasteiger partial charge on any atom is 0.258 e. The van der Waals surface area contributed by atoms with Crippen molar-refractivity contribution in [2.75, 3.05) is 6.61 Å². The standard InChI is InChI=1S/C25H20FNO5/c1-15(16-2-6-18(26)7-3-16)27-24(29)14-31-20-10-11-21-23(12-20)32-13-22(25(21)30)17-4-8-19(28)9-5-17/h2-13,15,28H,14H2,1H3,(H,27,29)/t15-/m1/s1. The van der Waals surface area contributed by atoms with E-state index in [1.165, 1.54) is 30.5 Å². The van der Waals surface area contributed by atoms with Gasteiger partial charge in [-0.1, -0.05) is 24.3 Å². The number of hydrogen-bond acceptors (Lipinski definition) is 5. The summed E-state index contributed by atoms with van der Waals surface area (Å²) in [5, 5.41) is 12.6. The van der Waals surface area contributed by atoms with E-state index in [9.17, 15) is 19.1 Å².